The summed E-state index contributed by atoms with van der Waals surface area (Å²) >= 11 is 0. The Morgan fingerprint density at radius 1 is 1.19 bits per heavy atom. The molecule has 0 spiro atoms. The molecule has 0 heterocycles. The van der Waals surface area contributed by atoms with E-state index in [1.165, 1.54) is 18.4 Å². The summed E-state index contributed by atoms with van der Waals surface area (Å²) in [6.45, 7) is 15.2. The third-order valence-electron chi connectivity index (χ3n) is 2.59. The summed E-state index contributed by atoms with van der Waals surface area (Å²) in [5.41, 5.74) is 1.19. The maximum Gasteiger partial charge on any atom is 0.0591 e. The molecule has 1 unspecified atom stereocenters. The minimum absolute atomic E-state index is 0.604. The molecular weight excluding hydrogens is 198 g/mol. The normalized spacial score (nSPS) is 13.1. The van der Waals surface area contributed by atoms with Crippen molar-refractivity contribution < 1.29 is 4.74 Å². The maximum atomic E-state index is 5.50. The van der Waals surface area contributed by atoms with Gasteiger partial charge < -0.3 is 10.1 Å². The fourth-order valence-corrected chi connectivity index (χ4v) is 1.41. The van der Waals surface area contributed by atoms with E-state index in [-0.39, 0.29) is 0 Å². The highest BCUT2D eigenvalue weighted by Gasteiger charge is 2.02. The van der Waals surface area contributed by atoms with Crippen molar-refractivity contribution in [3.05, 3.63) is 12.2 Å². The smallest absolute Gasteiger partial charge is 0.0591 e. The second kappa shape index (κ2) is 9.86. The van der Waals surface area contributed by atoms with E-state index in [0.717, 1.165) is 32.1 Å². The minimum atomic E-state index is 0.604. The van der Waals surface area contributed by atoms with Crippen molar-refractivity contribution >= 4 is 0 Å². The predicted molar refractivity (Wildman–Crippen MR) is 71.8 cm³/mol. The summed E-state index contributed by atoms with van der Waals surface area (Å²) in [6, 6.07) is 0.604. The Morgan fingerprint density at radius 2 is 1.88 bits per heavy atom. The van der Waals surface area contributed by atoms with E-state index >= 15 is 0 Å². The van der Waals surface area contributed by atoms with Gasteiger partial charge in [-0.3, -0.25) is 0 Å². The quantitative estimate of drug-likeness (QED) is 0.456. The average Bonchev–Trinajstić information content (AvgIpc) is 2.19. The molecule has 0 saturated carbocycles. The maximum absolute atomic E-state index is 5.50. The average molecular weight is 227 g/mol. The molecule has 96 valence electrons. The van der Waals surface area contributed by atoms with Gasteiger partial charge in [-0.25, -0.2) is 0 Å². The standard InChI is InChI=1S/C14H29NO/c1-12(2)6-7-14(5)15-9-11-16-10-8-13(3)4/h12,14-15H,3,6-11H2,1-2,4-5H3. The van der Waals surface area contributed by atoms with Crippen molar-refractivity contribution in [2.75, 3.05) is 19.8 Å². The molecule has 2 nitrogen and oxygen atoms in total. The van der Waals surface area contributed by atoms with Gasteiger partial charge in [0.15, 0.2) is 0 Å². The summed E-state index contributed by atoms with van der Waals surface area (Å²) < 4.78 is 5.50. The first-order chi connectivity index (χ1) is 7.52. The highest BCUT2D eigenvalue weighted by atomic mass is 16.5. The third kappa shape index (κ3) is 11.7. The molecule has 0 aliphatic heterocycles. The molecule has 0 fully saturated rings. The highest BCUT2D eigenvalue weighted by molar-refractivity contribution is 4.87. The van der Waals surface area contributed by atoms with E-state index in [9.17, 15) is 0 Å². The molecule has 0 rings (SSSR count). The number of rotatable bonds is 10. The zero-order valence-corrected chi connectivity index (χ0v) is 11.5. The van der Waals surface area contributed by atoms with E-state index in [0.29, 0.717) is 6.04 Å². The van der Waals surface area contributed by atoms with Crippen LogP contribution in [0, 0.1) is 5.92 Å². The molecule has 0 aromatic rings. The van der Waals surface area contributed by atoms with Crippen LogP contribution in [0.5, 0.6) is 0 Å². The molecule has 0 aromatic carbocycles. The first kappa shape index (κ1) is 15.7. The zero-order valence-electron chi connectivity index (χ0n) is 11.5. The zero-order chi connectivity index (χ0) is 12.4. The van der Waals surface area contributed by atoms with Crippen LogP contribution in [0.25, 0.3) is 0 Å². The van der Waals surface area contributed by atoms with E-state index in [1.54, 1.807) is 0 Å². The molecule has 1 N–H and O–H groups in total. The van der Waals surface area contributed by atoms with Gasteiger partial charge in [-0.15, -0.1) is 6.58 Å². The second-order valence-corrected chi connectivity index (χ2v) is 5.15. The molecular formula is C14H29NO. The Kier molecular flexibility index (Phi) is 9.65. The largest absolute Gasteiger partial charge is 0.380 e. The van der Waals surface area contributed by atoms with Crippen molar-refractivity contribution in [2.24, 2.45) is 5.92 Å². The molecule has 16 heavy (non-hydrogen) atoms. The first-order valence-electron chi connectivity index (χ1n) is 6.48. The van der Waals surface area contributed by atoms with Crippen LogP contribution < -0.4 is 5.32 Å². The van der Waals surface area contributed by atoms with Crippen LogP contribution in [0.2, 0.25) is 0 Å². The number of ether oxygens (including phenoxy) is 1. The van der Waals surface area contributed by atoms with E-state index in [4.69, 9.17) is 4.74 Å². The van der Waals surface area contributed by atoms with Gasteiger partial charge in [0.05, 0.1) is 13.2 Å². The van der Waals surface area contributed by atoms with Crippen LogP contribution in [-0.4, -0.2) is 25.8 Å². The van der Waals surface area contributed by atoms with Crippen LogP contribution in [0.1, 0.15) is 47.0 Å². The molecule has 0 aliphatic rings. The summed E-state index contributed by atoms with van der Waals surface area (Å²) in [5, 5.41) is 3.48. The van der Waals surface area contributed by atoms with Gasteiger partial charge in [-0.2, -0.15) is 0 Å². The summed E-state index contributed by atoms with van der Waals surface area (Å²) in [4.78, 5) is 0. The van der Waals surface area contributed by atoms with Gasteiger partial charge in [0.1, 0.15) is 0 Å². The van der Waals surface area contributed by atoms with Crippen LogP contribution in [0.15, 0.2) is 12.2 Å². The molecule has 0 bridgehead atoms. The van der Waals surface area contributed by atoms with Gasteiger partial charge in [0, 0.05) is 12.6 Å². The second-order valence-electron chi connectivity index (χ2n) is 5.15. The first-order valence-corrected chi connectivity index (χ1v) is 6.48. The van der Waals surface area contributed by atoms with Gasteiger partial charge in [-0.1, -0.05) is 19.4 Å². The van der Waals surface area contributed by atoms with E-state index in [1.807, 2.05) is 6.92 Å². The fourth-order valence-electron chi connectivity index (χ4n) is 1.41. The Balaban J connectivity index is 3.21. The molecule has 0 amide bonds. The Bertz CT molecular complexity index is 178. The van der Waals surface area contributed by atoms with Gasteiger partial charge >= 0.3 is 0 Å². The number of nitrogens with one attached hydrogen (secondary N) is 1. The van der Waals surface area contributed by atoms with E-state index < -0.39 is 0 Å². The lowest BCUT2D eigenvalue weighted by Crippen LogP contribution is -2.29. The molecule has 0 radical (unpaired) electrons. The van der Waals surface area contributed by atoms with E-state index in [2.05, 4.69) is 32.7 Å². The lowest BCUT2D eigenvalue weighted by atomic mass is 10.0. The summed E-state index contributed by atoms with van der Waals surface area (Å²) in [6.07, 6.45) is 3.52. The Morgan fingerprint density at radius 3 is 2.44 bits per heavy atom. The third-order valence-corrected chi connectivity index (χ3v) is 2.59. The van der Waals surface area contributed by atoms with Crippen LogP contribution in [0.3, 0.4) is 0 Å². The molecule has 2 heteroatoms. The highest BCUT2D eigenvalue weighted by Crippen LogP contribution is 2.05. The Hall–Kier alpha value is -0.340. The SMILES string of the molecule is C=C(C)CCOCCNC(C)CCC(C)C. The summed E-state index contributed by atoms with van der Waals surface area (Å²) in [7, 11) is 0. The topological polar surface area (TPSA) is 21.3 Å². The molecule has 0 saturated heterocycles. The lowest BCUT2D eigenvalue weighted by molar-refractivity contribution is 0.136. The molecule has 0 aliphatic carbocycles. The lowest BCUT2D eigenvalue weighted by Gasteiger charge is -2.15. The monoisotopic (exact) mass is 227 g/mol. The van der Waals surface area contributed by atoms with Crippen LogP contribution in [0.4, 0.5) is 0 Å². The predicted octanol–water partition coefficient (Wildman–Crippen LogP) is 3.38. The van der Waals surface area contributed by atoms with Gasteiger partial charge in [0.25, 0.3) is 0 Å². The molecule has 1 atom stereocenters. The van der Waals surface area contributed by atoms with Crippen molar-refractivity contribution in [3.8, 4) is 0 Å². The fraction of sp³-hybridized carbons (Fsp3) is 0.857. The van der Waals surface area contributed by atoms with Gasteiger partial charge in [-0.05, 0) is 39.0 Å². The summed E-state index contributed by atoms with van der Waals surface area (Å²) in [5.74, 6) is 0.802. The van der Waals surface area contributed by atoms with Crippen molar-refractivity contribution in [1.82, 2.24) is 5.32 Å². The minimum Gasteiger partial charge on any atom is -0.380 e. The van der Waals surface area contributed by atoms with Crippen molar-refractivity contribution in [2.45, 2.75) is 53.0 Å². The van der Waals surface area contributed by atoms with Crippen molar-refractivity contribution in [1.29, 1.82) is 0 Å². The van der Waals surface area contributed by atoms with Crippen LogP contribution >= 0.6 is 0 Å². The van der Waals surface area contributed by atoms with Crippen LogP contribution in [-0.2, 0) is 4.74 Å². The number of hydrogen-bond donors (Lipinski definition) is 1. The van der Waals surface area contributed by atoms with Crippen molar-refractivity contribution in [3.63, 3.8) is 0 Å². The van der Waals surface area contributed by atoms with Gasteiger partial charge in [0.2, 0.25) is 0 Å². The Labute approximate surface area is 101 Å². The number of hydrogen-bond acceptors (Lipinski definition) is 2. The molecule has 0 aromatic heterocycles.